The lowest BCUT2D eigenvalue weighted by Gasteiger charge is -2.22. The zero-order valence-electron chi connectivity index (χ0n) is 16.9. The van der Waals surface area contributed by atoms with Crippen LogP contribution in [-0.4, -0.2) is 61.8 Å². The lowest BCUT2D eigenvalue weighted by molar-refractivity contribution is -0.128. The van der Waals surface area contributed by atoms with Crippen molar-refractivity contribution in [2.45, 2.75) is 25.8 Å². The lowest BCUT2D eigenvalue weighted by atomic mass is 10.1. The van der Waals surface area contributed by atoms with Gasteiger partial charge in [-0.25, -0.2) is 8.42 Å². The van der Waals surface area contributed by atoms with Crippen molar-refractivity contribution in [2.75, 3.05) is 37.7 Å². The molecular weight excluding hydrogens is 384 g/mol. The number of aryl methyl sites for hydroxylation is 1. The molecule has 0 radical (unpaired) electrons. The van der Waals surface area contributed by atoms with E-state index >= 15 is 0 Å². The smallest absolute Gasteiger partial charge is 0.237 e. The first-order valence-electron chi connectivity index (χ1n) is 10.3. The first-order valence-corrected chi connectivity index (χ1v) is 12.1. The van der Waals surface area contributed by atoms with Gasteiger partial charge in [0.25, 0.3) is 0 Å². The molecule has 29 heavy (non-hydrogen) atoms. The Morgan fingerprint density at radius 3 is 2.17 bits per heavy atom. The number of benzene rings is 2. The van der Waals surface area contributed by atoms with Crippen molar-refractivity contribution in [1.82, 2.24) is 9.80 Å². The molecule has 0 aromatic heterocycles. The molecule has 0 saturated carbocycles. The Labute approximate surface area is 174 Å². The molecule has 0 bridgehead atoms. The van der Waals surface area contributed by atoms with Gasteiger partial charge in [0.15, 0.2) is 9.84 Å². The van der Waals surface area contributed by atoms with Gasteiger partial charge >= 0.3 is 0 Å². The summed E-state index contributed by atoms with van der Waals surface area (Å²) in [6.07, 6.45) is 2.13. The van der Waals surface area contributed by atoms with Crippen LogP contribution in [0.15, 0.2) is 60.7 Å². The molecule has 2 aromatic rings. The molecule has 6 heteroatoms. The van der Waals surface area contributed by atoms with E-state index < -0.39 is 9.84 Å². The number of hydrogen-bond acceptors (Lipinski definition) is 4. The minimum atomic E-state index is -3.38. The lowest BCUT2D eigenvalue weighted by Crippen LogP contribution is -2.39. The maximum Gasteiger partial charge on any atom is 0.237 e. The zero-order valence-corrected chi connectivity index (χ0v) is 17.7. The van der Waals surface area contributed by atoms with Crippen molar-refractivity contribution in [3.05, 3.63) is 71.8 Å². The van der Waals surface area contributed by atoms with Gasteiger partial charge in [-0.2, -0.15) is 0 Å². The quantitative estimate of drug-likeness (QED) is 0.667. The number of hydrogen-bond donors (Lipinski definition) is 0. The maximum atomic E-state index is 12.6. The SMILES string of the molecule is O=C(CS(=O)(=O)CCCc1ccccc1)N1CCCN(Cc2ccccc2)CC1. The maximum absolute atomic E-state index is 12.6. The molecule has 5 nitrogen and oxygen atoms in total. The molecule has 156 valence electrons. The van der Waals surface area contributed by atoms with E-state index in [1.165, 1.54) is 5.56 Å². The van der Waals surface area contributed by atoms with Gasteiger partial charge in [-0.15, -0.1) is 0 Å². The third-order valence-corrected chi connectivity index (χ3v) is 6.89. The minimum absolute atomic E-state index is 0.0571. The Bertz CT molecular complexity index is 870. The second kappa shape index (κ2) is 10.6. The first kappa shape index (κ1) is 21.5. The van der Waals surface area contributed by atoms with E-state index in [-0.39, 0.29) is 17.4 Å². The van der Waals surface area contributed by atoms with Gasteiger partial charge in [0.05, 0.1) is 5.75 Å². The molecule has 1 fully saturated rings. The Morgan fingerprint density at radius 1 is 0.828 bits per heavy atom. The molecule has 0 atom stereocenters. The van der Waals surface area contributed by atoms with Gasteiger partial charge in [0.1, 0.15) is 5.75 Å². The Kier molecular flexibility index (Phi) is 7.83. The van der Waals surface area contributed by atoms with E-state index in [2.05, 4.69) is 17.0 Å². The van der Waals surface area contributed by atoms with Crippen LogP contribution in [0.25, 0.3) is 0 Å². The Balaban J connectivity index is 1.44. The van der Waals surface area contributed by atoms with Crippen molar-refractivity contribution in [3.63, 3.8) is 0 Å². The number of sulfone groups is 1. The summed E-state index contributed by atoms with van der Waals surface area (Å²) in [7, 11) is -3.38. The highest BCUT2D eigenvalue weighted by Crippen LogP contribution is 2.10. The molecular formula is C23H30N2O3S. The molecule has 0 aliphatic carbocycles. The van der Waals surface area contributed by atoms with Crippen LogP contribution in [0.1, 0.15) is 24.0 Å². The van der Waals surface area contributed by atoms with Gasteiger partial charge in [-0.05, 0) is 30.4 Å². The highest BCUT2D eigenvalue weighted by atomic mass is 32.2. The van der Waals surface area contributed by atoms with Crippen molar-refractivity contribution in [1.29, 1.82) is 0 Å². The van der Waals surface area contributed by atoms with Crippen LogP contribution in [0.5, 0.6) is 0 Å². The molecule has 1 amide bonds. The zero-order chi connectivity index (χ0) is 20.5. The van der Waals surface area contributed by atoms with E-state index in [1.807, 2.05) is 48.5 Å². The fourth-order valence-corrected chi connectivity index (χ4v) is 5.00. The van der Waals surface area contributed by atoms with Crippen LogP contribution in [0.4, 0.5) is 0 Å². The molecule has 1 heterocycles. The Morgan fingerprint density at radius 2 is 1.48 bits per heavy atom. The Hall–Kier alpha value is -2.18. The average molecular weight is 415 g/mol. The van der Waals surface area contributed by atoms with E-state index in [1.54, 1.807) is 4.90 Å². The number of rotatable bonds is 8. The highest BCUT2D eigenvalue weighted by Gasteiger charge is 2.24. The van der Waals surface area contributed by atoms with E-state index in [0.29, 0.717) is 25.9 Å². The van der Waals surface area contributed by atoms with Crippen molar-refractivity contribution < 1.29 is 13.2 Å². The summed E-state index contributed by atoms with van der Waals surface area (Å²) < 4.78 is 24.8. The van der Waals surface area contributed by atoms with Crippen LogP contribution in [0.2, 0.25) is 0 Å². The standard InChI is InChI=1S/C23H30N2O3S/c26-23(20-29(27,28)18-7-13-21-9-3-1-4-10-21)25-15-8-14-24(16-17-25)19-22-11-5-2-6-12-22/h1-6,9-12H,7-8,13-20H2. The summed E-state index contributed by atoms with van der Waals surface area (Å²) in [6.45, 7) is 3.77. The number of carbonyl (C=O) groups is 1. The predicted molar refractivity (Wildman–Crippen MR) is 116 cm³/mol. The van der Waals surface area contributed by atoms with Crippen molar-refractivity contribution in [2.24, 2.45) is 0 Å². The third-order valence-electron chi connectivity index (χ3n) is 5.30. The van der Waals surface area contributed by atoms with Crippen LogP contribution in [-0.2, 0) is 27.6 Å². The van der Waals surface area contributed by atoms with Crippen LogP contribution < -0.4 is 0 Å². The van der Waals surface area contributed by atoms with Gasteiger partial charge in [-0.3, -0.25) is 9.69 Å². The normalized spacial score (nSPS) is 15.8. The number of carbonyl (C=O) groups excluding carboxylic acids is 1. The minimum Gasteiger partial charge on any atom is -0.340 e. The molecule has 1 saturated heterocycles. The molecule has 3 rings (SSSR count). The molecule has 1 aliphatic rings. The monoisotopic (exact) mass is 414 g/mol. The highest BCUT2D eigenvalue weighted by molar-refractivity contribution is 7.92. The van der Waals surface area contributed by atoms with Gasteiger partial charge in [0, 0.05) is 32.7 Å². The van der Waals surface area contributed by atoms with Gasteiger partial charge in [-0.1, -0.05) is 60.7 Å². The largest absolute Gasteiger partial charge is 0.340 e. The fourth-order valence-electron chi connectivity index (χ4n) is 3.71. The summed E-state index contributed by atoms with van der Waals surface area (Å²) in [5.74, 6) is -0.575. The third kappa shape index (κ3) is 7.29. The second-order valence-electron chi connectivity index (χ2n) is 7.68. The van der Waals surface area contributed by atoms with E-state index in [4.69, 9.17) is 0 Å². The molecule has 0 N–H and O–H groups in total. The number of amides is 1. The van der Waals surface area contributed by atoms with Crippen LogP contribution in [0, 0.1) is 0 Å². The van der Waals surface area contributed by atoms with Crippen molar-refractivity contribution in [3.8, 4) is 0 Å². The number of nitrogens with zero attached hydrogens (tertiary/aromatic N) is 2. The van der Waals surface area contributed by atoms with Crippen LogP contribution >= 0.6 is 0 Å². The summed E-state index contributed by atoms with van der Waals surface area (Å²) in [5, 5.41) is 0. The summed E-state index contributed by atoms with van der Waals surface area (Å²) >= 11 is 0. The molecule has 2 aromatic carbocycles. The predicted octanol–water partition coefficient (Wildman–Crippen LogP) is 2.77. The average Bonchev–Trinajstić information content (AvgIpc) is 2.95. The van der Waals surface area contributed by atoms with E-state index in [9.17, 15) is 13.2 Å². The van der Waals surface area contributed by atoms with Gasteiger partial charge < -0.3 is 4.90 Å². The summed E-state index contributed by atoms with van der Waals surface area (Å²) in [5.41, 5.74) is 2.38. The van der Waals surface area contributed by atoms with Crippen molar-refractivity contribution >= 4 is 15.7 Å². The van der Waals surface area contributed by atoms with E-state index in [0.717, 1.165) is 31.6 Å². The molecule has 0 spiro atoms. The topological polar surface area (TPSA) is 57.7 Å². The van der Waals surface area contributed by atoms with Gasteiger partial charge in [0.2, 0.25) is 5.91 Å². The molecule has 0 unspecified atom stereocenters. The van der Waals surface area contributed by atoms with Crippen LogP contribution in [0.3, 0.4) is 0 Å². The summed E-state index contributed by atoms with van der Waals surface area (Å²) in [6, 6.07) is 20.1. The summed E-state index contributed by atoms with van der Waals surface area (Å²) in [4.78, 5) is 16.6. The molecule has 1 aliphatic heterocycles. The first-order chi connectivity index (χ1) is 14.0. The second-order valence-corrected chi connectivity index (χ2v) is 9.86. The fraction of sp³-hybridized carbons (Fsp3) is 0.435.